The van der Waals surface area contributed by atoms with Crippen molar-refractivity contribution in [1.82, 2.24) is 9.55 Å². The van der Waals surface area contributed by atoms with E-state index in [9.17, 15) is 4.79 Å². The van der Waals surface area contributed by atoms with Gasteiger partial charge >= 0.3 is 5.69 Å². The van der Waals surface area contributed by atoms with Crippen LogP contribution in [-0.4, -0.2) is 28.8 Å². The predicted octanol–water partition coefficient (Wildman–Crippen LogP) is 3.24. The molecule has 1 unspecified atom stereocenters. The first kappa shape index (κ1) is 15.2. The number of rotatable bonds is 3. The Morgan fingerprint density at radius 2 is 2.04 bits per heavy atom. The van der Waals surface area contributed by atoms with E-state index in [-0.39, 0.29) is 11.7 Å². The summed E-state index contributed by atoms with van der Waals surface area (Å²) < 4.78 is 6.97. The van der Waals surface area contributed by atoms with E-state index in [1.54, 1.807) is 10.6 Å². The normalized spacial score (nSPS) is 17.3. The first-order valence-electron chi connectivity index (χ1n) is 7.84. The zero-order chi connectivity index (χ0) is 16.5. The van der Waals surface area contributed by atoms with Crippen LogP contribution in [0.5, 0.6) is 0 Å². The summed E-state index contributed by atoms with van der Waals surface area (Å²) in [6.45, 7) is 1.35. The van der Waals surface area contributed by atoms with Crippen LogP contribution < -0.4 is 11.0 Å². The molecule has 122 valence electrons. The molecule has 0 spiro atoms. The van der Waals surface area contributed by atoms with Gasteiger partial charge in [0.05, 0.1) is 23.9 Å². The van der Waals surface area contributed by atoms with Gasteiger partial charge in [-0.15, -0.1) is 0 Å². The fourth-order valence-corrected chi connectivity index (χ4v) is 3.14. The van der Waals surface area contributed by atoms with E-state index in [4.69, 9.17) is 16.3 Å². The Hall–Kier alpha value is -2.37. The van der Waals surface area contributed by atoms with Gasteiger partial charge in [0.15, 0.2) is 0 Å². The zero-order valence-corrected chi connectivity index (χ0v) is 13.7. The molecule has 0 saturated carbocycles. The van der Waals surface area contributed by atoms with E-state index in [0.29, 0.717) is 17.4 Å². The topological polar surface area (TPSA) is 56.1 Å². The van der Waals surface area contributed by atoms with Gasteiger partial charge in [0.25, 0.3) is 0 Å². The quantitative estimate of drug-likeness (QED) is 0.794. The Morgan fingerprint density at radius 3 is 2.79 bits per heavy atom. The average molecular weight is 342 g/mol. The smallest absolute Gasteiger partial charge is 0.354 e. The maximum absolute atomic E-state index is 12.7. The minimum absolute atomic E-state index is 0.170. The molecule has 0 aliphatic carbocycles. The molecule has 1 aromatic heterocycles. The van der Waals surface area contributed by atoms with Crippen LogP contribution in [0, 0.1) is 0 Å². The van der Waals surface area contributed by atoms with Gasteiger partial charge in [0.1, 0.15) is 5.82 Å². The molecular formula is C18H16ClN3O2. The van der Waals surface area contributed by atoms with Crippen LogP contribution in [0.1, 0.15) is 6.42 Å². The number of nitrogens with zero attached hydrogens (tertiary/aromatic N) is 2. The SMILES string of the molecule is O=c1nc(NC2CCOC2)c2ccc(Cl)cc2n1-c1ccccc1. The Balaban J connectivity index is 1.93. The van der Waals surface area contributed by atoms with Gasteiger partial charge in [-0.1, -0.05) is 29.8 Å². The van der Waals surface area contributed by atoms with Gasteiger partial charge in [0, 0.05) is 17.0 Å². The summed E-state index contributed by atoms with van der Waals surface area (Å²) in [6, 6.07) is 15.1. The number of fused-ring (bicyclic) bond motifs is 1. The van der Waals surface area contributed by atoms with E-state index < -0.39 is 0 Å². The molecule has 1 fully saturated rings. The highest BCUT2D eigenvalue weighted by atomic mass is 35.5. The Morgan fingerprint density at radius 1 is 1.21 bits per heavy atom. The summed E-state index contributed by atoms with van der Waals surface area (Å²) in [5.41, 5.74) is 1.16. The zero-order valence-electron chi connectivity index (χ0n) is 12.9. The van der Waals surface area contributed by atoms with Crippen LogP contribution in [0.2, 0.25) is 5.02 Å². The van der Waals surface area contributed by atoms with Gasteiger partial charge in [0.2, 0.25) is 0 Å². The van der Waals surface area contributed by atoms with Gasteiger partial charge in [-0.3, -0.25) is 4.57 Å². The molecule has 1 N–H and O–H groups in total. The van der Waals surface area contributed by atoms with E-state index in [0.717, 1.165) is 29.6 Å². The summed E-state index contributed by atoms with van der Waals surface area (Å²) in [5.74, 6) is 0.578. The molecule has 1 saturated heterocycles. The Kier molecular flexibility index (Phi) is 3.96. The largest absolute Gasteiger partial charge is 0.379 e. The van der Waals surface area contributed by atoms with Crippen LogP contribution in [0.15, 0.2) is 53.3 Å². The number of ether oxygens (including phenoxy) is 1. The van der Waals surface area contributed by atoms with Gasteiger partial charge < -0.3 is 10.1 Å². The molecule has 5 nitrogen and oxygen atoms in total. The number of hydrogen-bond acceptors (Lipinski definition) is 4. The Labute approximate surface area is 143 Å². The first-order chi connectivity index (χ1) is 11.7. The molecular weight excluding hydrogens is 326 g/mol. The monoisotopic (exact) mass is 341 g/mol. The summed E-state index contributed by atoms with van der Waals surface area (Å²) in [4.78, 5) is 16.9. The van der Waals surface area contributed by atoms with Crippen molar-refractivity contribution in [3.63, 3.8) is 0 Å². The summed E-state index contributed by atoms with van der Waals surface area (Å²) in [7, 11) is 0. The number of hydrogen-bond donors (Lipinski definition) is 1. The van der Waals surface area contributed by atoms with E-state index in [1.165, 1.54) is 0 Å². The minimum Gasteiger partial charge on any atom is -0.379 e. The van der Waals surface area contributed by atoms with Crippen molar-refractivity contribution in [2.75, 3.05) is 18.5 Å². The van der Waals surface area contributed by atoms with E-state index >= 15 is 0 Å². The molecule has 1 aliphatic heterocycles. The number of aromatic nitrogens is 2. The van der Waals surface area contributed by atoms with Crippen molar-refractivity contribution in [2.45, 2.75) is 12.5 Å². The van der Waals surface area contributed by atoms with Crippen LogP contribution in [0.4, 0.5) is 5.82 Å². The molecule has 2 heterocycles. The molecule has 0 amide bonds. The molecule has 1 atom stereocenters. The van der Waals surface area contributed by atoms with Crippen molar-refractivity contribution in [3.05, 3.63) is 64.0 Å². The van der Waals surface area contributed by atoms with E-state index in [1.807, 2.05) is 42.5 Å². The van der Waals surface area contributed by atoms with Gasteiger partial charge in [-0.2, -0.15) is 4.98 Å². The molecule has 3 aromatic rings. The third-order valence-corrected chi connectivity index (χ3v) is 4.37. The average Bonchev–Trinajstić information content (AvgIpc) is 3.08. The maximum Gasteiger partial charge on any atom is 0.354 e. The lowest BCUT2D eigenvalue weighted by molar-refractivity contribution is 0.195. The number of halogens is 1. The van der Waals surface area contributed by atoms with Crippen LogP contribution >= 0.6 is 11.6 Å². The van der Waals surface area contributed by atoms with Crippen molar-refractivity contribution in [3.8, 4) is 5.69 Å². The second kappa shape index (κ2) is 6.26. The number of nitrogens with one attached hydrogen (secondary N) is 1. The van der Waals surface area contributed by atoms with Crippen LogP contribution in [-0.2, 0) is 4.74 Å². The van der Waals surface area contributed by atoms with Crippen molar-refractivity contribution in [1.29, 1.82) is 0 Å². The summed E-state index contributed by atoms with van der Waals surface area (Å²) in [6.07, 6.45) is 0.901. The molecule has 6 heteroatoms. The lowest BCUT2D eigenvalue weighted by Crippen LogP contribution is -2.27. The molecule has 0 bridgehead atoms. The summed E-state index contributed by atoms with van der Waals surface area (Å²) >= 11 is 6.18. The number of anilines is 1. The molecule has 1 aliphatic rings. The highest BCUT2D eigenvalue weighted by Gasteiger charge is 2.19. The minimum atomic E-state index is -0.336. The third-order valence-electron chi connectivity index (χ3n) is 4.14. The first-order valence-corrected chi connectivity index (χ1v) is 8.22. The highest BCUT2D eigenvalue weighted by molar-refractivity contribution is 6.31. The number of benzene rings is 2. The lowest BCUT2D eigenvalue weighted by Gasteiger charge is -2.16. The van der Waals surface area contributed by atoms with Crippen molar-refractivity contribution < 1.29 is 4.74 Å². The lowest BCUT2D eigenvalue weighted by atomic mass is 10.2. The second-order valence-electron chi connectivity index (χ2n) is 5.78. The van der Waals surface area contributed by atoms with Crippen molar-refractivity contribution in [2.24, 2.45) is 0 Å². The van der Waals surface area contributed by atoms with Crippen molar-refractivity contribution >= 4 is 28.3 Å². The molecule has 2 aromatic carbocycles. The predicted molar refractivity (Wildman–Crippen MR) is 95.2 cm³/mol. The molecule has 4 rings (SSSR count). The van der Waals surface area contributed by atoms with E-state index in [2.05, 4.69) is 10.3 Å². The maximum atomic E-state index is 12.7. The van der Waals surface area contributed by atoms with Crippen LogP contribution in [0.25, 0.3) is 16.6 Å². The van der Waals surface area contributed by atoms with Gasteiger partial charge in [-0.25, -0.2) is 4.79 Å². The van der Waals surface area contributed by atoms with Crippen LogP contribution in [0.3, 0.4) is 0 Å². The van der Waals surface area contributed by atoms with Gasteiger partial charge in [-0.05, 0) is 36.8 Å². The summed E-state index contributed by atoms with van der Waals surface area (Å²) in [5, 5.41) is 4.76. The number of para-hydroxylation sites is 1. The molecule has 0 radical (unpaired) electrons. The molecule has 24 heavy (non-hydrogen) atoms. The Bertz CT molecular complexity index is 934. The fraction of sp³-hybridized carbons (Fsp3) is 0.222. The third kappa shape index (κ3) is 2.77. The second-order valence-corrected chi connectivity index (χ2v) is 6.22. The fourth-order valence-electron chi connectivity index (χ4n) is 2.98. The highest BCUT2D eigenvalue weighted by Crippen LogP contribution is 2.26. The standard InChI is InChI=1S/C18H16ClN3O2/c19-12-6-7-15-16(10-12)22(14-4-2-1-3-5-14)18(23)21-17(15)20-13-8-9-24-11-13/h1-7,10,13H,8-9,11H2,(H,20,21,23).